The van der Waals surface area contributed by atoms with Gasteiger partial charge in [0.1, 0.15) is 0 Å². The van der Waals surface area contributed by atoms with Gasteiger partial charge in [0.25, 0.3) is 0 Å². The van der Waals surface area contributed by atoms with Crippen LogP contribution in [0.15, 0.2) is 0 Å². The number of hydrogen-bond donors (Lipinski definition) is 0. The van der Waals surface area contributed by atoms with Crippen molar-refractivity contribution in [3.05, 3.63) is 0 Å². The summed E-state index contributed by atoms with van der Waals surface area (Å²) in [5, 5.41) is 0. The Morgan fingerprint density at radius 2 is 1.12 bits per heavy atom. The van der Waals surface area contributed by atoms with Crippen LogP contribution in [0.3, 0.4) is 0 Å². The molecule has 2 atom stereocenters. The highest BCUT2D eigenvalue weighted by molar-refractivity contribution is 4.56. The second-order valence-electron chi connectivity index (χ2n) is 5.40. The topological polar surface area (TPSA) is 0 Å². The van der Waals surface area contributed by atoms with Crippen molar-refractivity contribution in [3.63, 3.8) is 0 Å². The first kappa shape index (κ1) is 18.4. The van der Waals surface area contributed by atoms with Crippen molar-refractivity contribution in [2.45, 2.75) is 92.9 Å². The van der Waals surface area contributed by atoms with E-state index in [0.29, 0.717) is 0 Å². The average molecular weight is 228 g/mol. The molecular formula is C16H36. The molecule has 0 saturated carbocycles. The highest BCUT2D eigenvalue weighted by atomic mass is 14.1. The third-order valence-corrected chi connectivity index (χ3v) is 3.64. The normalized spacial score (nSPS) is 14.2. The maximum absolute atomic E-state index is 2.43. The van der Waals surface area contributed by atoms with E-state index >= 15 is 0 Å². The second kappa shape index (κ2) is 13.1. The summed E-state index contributed by atoms with van der Waals surface area (Å²) in [6.07, 6.45) is 12.9. The van der Waals surface area contributed by atoms with Crippen molar-refractivity contribution in [2.24, 2.45) is 11.8 Å². The minimum absolute atomic E-state index is 0. The zero-order chi connectivity index (χ0) is 11.5. The highest BCUT2D eigenvalue weighted by Gasteiger charge is 2.03. The van der Waals surface area contributed by atoms with Gasteiger partial charge in [-0.3, -0.25) is 0 Å². The zero-order valence-electron chi connectivity index (χ0n) is 11.5. The maximum Gasteiger partial charge on any atom is -0.0443 e. The SMILES string of the molecule is C.CCCCCC(C)CCCCC(C)CC. The van der Waals surface area contributed by atoms with Crippen molar-refractivity contribution in [1.29, 1.82) is 0 Å². The van der Waals surface area contributed by atoms with E-state index in [-0.39, 0.29) is 7.43 Å². The summed E-state index contributed by atoms with van der Waals surface area (Å²) < 4.78 is 0. The largest absolute Gasteiger partial charge is 0.0776 e. The predicted molar refractivity (Wildman–Crippen MR) is 78.0 cm³/mol. The van der Waals surface area contributed by atoms with Crippen LogP contribution in [0.2, 0.25) is 0 Å². The van der Waals surface area contributed by atoms with Crippen LogP contribution in [0.4, 0.5) is 0 Å². The summed E-state index contributed by atoms with van der Waals surface area (Å²) in [7, 11) is 0. The molecule has 0 aliphatic heterocycles. The molecule has 0 aromatic rings. The highest BCUT2D eigenvalue weighted by Crippen LogP contribution is 2.18. The van der Waals surface area contributed by atoms with E-state index in [1.54, 1.807) is 0 Å². The second-order valence-corrected chi connectivity index (χ2v) is 5.40. The van der Waals surface area contributed by atoms with Crippen LogP contribution in [0.1, 0.15) is 92.9 Å². The summed E-state index contributed by atoms with van der Waals surface area (Å²) in [5.74, 6) is 1.91. The molecule has 0 aliphatic carbocycles. The first-order valence-corrected chi connectivity index (χ1v) is 7.20. The summed E-state index contributed by atoms with van der Waals surface area (Å²) in [5.41, 5.74) is 0. The van der Waals surface area contributed by atoms with E-state index in [1.165, 1.54) is 57.8 Å². The van der Waals surface area contributed by atoms with Gasteiger partial charge in [0.05, 0.1) is 0 Å². The molecule has 0 aromatic carbocycles. The van der Waals surface area contributed by atoms with Gasteiger partial charge >= 0.3 is 0 Å². The van der Waals surface area contributed by atoms with E-state index in [2.05, 4.69) is 27.7 Å². The van der Waals surface area contributed by atoms with E-state index in [4.69, 9.17) is 0 Å². The van der Waals surface area contributed by atoms with Crippen molar-refractivity contribution in [1.82, 2.24) is 0 Å². The van der Waals surface area contributed by atoms with Gasteiger partial charge in [-0.2, -0.15) is 0 Å². The summed E-state index contributed by atoms with van der Waals surface area (Å²) in [6.45, 7) is 9.40. The van der Waals surface area contributed by atoms with Gasteiger partial charge < -0.3 is 0 Å². The molecule has 2 unspecified atom stereocenters. The molecule has 0 nitrogen and oxygen atoms in total. The molecule has 100 valence electrons. The van der Waals surface area contributed by atoms with Crippen molar-refractivity contribution in [3.8, 4) is 0 Å². The Bertz CT molecular complexity index is 117. The Morgan fingerprint density at radius 1 is 0.688 bits per heavy atom. The molecule has 0 spiro atoms. The summed E-state index contributed by atoms with van der Waals surface area (Å²) in [4.78, 5) is 0. The Kier molecular flexibility index (Phi) is 15.0. The fraction of sp³-hybridized carbons (Fsp3) is 1.00. The summed E-state index contributed by atoms with van der Waals surface area (Å²) >= 11 is 0. The van der Waals surface area contributed by atoms with Crippen molar-refractivity contribution < 1.29 is 0 Å². The lowest BCUT2D eigenvalue weighted by molar-refractivity contribution is 0.416. The average Bonchev–Trinajstić information content (AvgIpc) is 2.24. The molecule has 16 heavy (non-hydrogen) atoms. The number of hydrogen-bond acceptors (Lipinski definition) is 0. The molecule has 0 amide bonds. The van der Waals surface area contributed by atoms with Crippen LogP contribution in [-0.2, 0) is 0 Å². The first-order chi connectivity index (χ1) is 7.20. The lowest BCUT2D eigenvalue weighted by atomic mass is 9.94. The molecular weight excluding hydrogens is 192 g/mol. The van der Waals surface area contributed by atoms with Crippen LogP contribution in [0, 0.1) is 11.8 Å². The molecule has 0 aromatic heterocycles. The summed E-state index contributed by atoms with van der Waals surface area (Å²) in [6, 6.07) is 0. The molecule has 0 rings (SSSR count). The Hall–Kier alpha value is 0. The monoisotopic (exact) mass is 228 g/mol. The van der Waals surface area contributed by atoms with Crippen molar-refractivity contribution >= 4 is 0 Å². The van der Waals surface area contributed by atoms with E-state index in [1.807, 2.05) is 0 Å². The van der Waals surface area contributed by atoms with Gasteiger partial charge in [-0.05, 0) is 11.8 Å². The molecule has 0 fully saturated rings. The van der Waals surface area contributed by atoms with Crippen LogP contribution in [0.5, 0.6) is 0 Å². The smallest absolute Gasteiger partial charge is 0.0443 e. The zero-order valence-corrected chi connectivity index (χ0v) is 11.5. The third kappa shape index (κ3) is 12.1. The third-order valence-electron chi connectivity index (χ3n) is 3.64. The lowest BCUT2D eigenvalue weighted by Gasteiger charge is -2.12. The van der Waals surface area contributed by atoms with Crippen LogP contribution < -0.4 is 0 Å². The first-order valence-electron chi connectivity index (χ1n) is 7.20. The predicted octanol–water partition coefficient (Wildman–Crippen LogP) is 6.45. The Balaban J connectivity index is 0. The minimum atomic E-state index is 0. The van der Waals surface area contributed by atoms with Gasteiger partial charge in [0.15, 0.2) is 0 Å². The van der Waals surface area contributed by atoms with E-state index < -0.39 is 0 Å². The fourth-order valence-corrected chi connectivity index (χ4v) is 2.08. The molecule has 0 aliphatic rings. The lowest BCUT2D eigenvalue weighted by Crippen LogP contribution is -1.97. The maximum atomic E-state index is 2.43. The fourth-order valence-electron chi connectivity index (χ4n) is 2.08. The molecule has 0 radical (unpaired) electrons. The van der Waals surface area contributed by atoms with Crippen LogP contribution in [0.25, 0.3) is 0 Å². The van der Waals surface area contributed by atoms with E-state index in [0.717, 1.165) is 11.8 Å². The molecule has 0 heterocycles. The van der Waals surface area contributed by atoms with E-state index in [9.17, 15) is 0 Å². The van der Waals surface area contributed by atoms with Gasteiger partial charge in [-0.15, -0.1) is 0 Å². The molecule has 0 bridgehead atoms. The standard InChI is InChI=1S/C15H32.CH4/c1-5-7-8-12-15(4)13-10-9-11-14(3)6-2;/h14-15H,5-13H2,1-4H3;1H4. The Morgan fingerprint density at radius 3 is 1.56 bits per heavy atom. The van der Waals surface area contributed by atoms with Gasteiger partial charge in [-0.25, -0.2) is 0 Å². The molecule has 0 heteroatoms. The van der Waals surface area contributed by atoms with Crippen LogP contribution in [-0.4, -0.2) is 0 Å². The molecule has 0 N–H and O–H groups in total. The van der Waals surface area contributed by atoms with Crippen molar-refractivity contribution in [2.75, 3.05) is 0 Å². The van der Waals surface area contributed by atoms with Crippen LogP contribution >= 0.6 is 0 Å². The number of unbranched alkanes of at least 4 members (excludes halogenated alkanes) is 3. The quantitative estimate of drug-likeness (QED) is 0.377. The van der Waals surface area contributed by atoms with Gasteiger partial charge in [0.2, 0.25) is 0 Å². The molecule has 0 saturated heterocycles. The number of rotatable bonds is 10. The van der Waals surface area contributed by atoms with Gasteiger partial charge in [0, 0.05) is 0 Å². The minimum Gasteiger partial charge on any atom is -0.0776 e. The Labute approximate surface area is 105 Å². The van der Waals surface area contributed by atoms with Gasteiger partial charge in [-0.1, -0.05) is 92.9 Å².